The lowest BCUT2D eigenvalue weighted by Crippen LogP contribution is -2.35. The first-order valence-corrected chi connectivity index (χ1v) is 5.98. The highest BCUT2D eigenvalue weighted by atomic mass is 16.5. The van der Waals surface area contributed by atoms with Crippen LogP contribution in [0.15, 0.2) is 27.9 Å². The molecule has 19 heavy (non-hydrogen) atoms. The van der Waals surface area contributed by atoms with Gasteiger partial charge in [0.25, 0.3) is 5.89 Å². The first-order valence-electron chi connectivity index (χ1n) is 5.98. The van der Waals surface area contributed by atoms with E-state index in [1.807, 2.05) is 0 Å². The van der Waals surface area contributed by atoms with Crippen LogP contribution in [-0.4, -0.2) is 55.2 Å². The van der Waals surface area contributed by atoms with E-state index in [-0.39, 0.29) is 0 Å². The molecule has 1 fully saturated rings. The summed E-state index contributed by atoms with van der Waals surface area (Å²) in [4.78, 5) is 6.14. The zero-order chi connectivity index (χ0) is 13.7. The number of hydrogen-bond donors (Lipinski definition) is 1. The molecule has 2 rings (SSSR count). The Morgan fingerprint density at radius 1 is 1.42 bits per heavy atom. The second kappa shape index (κ2) is 6.14. The van der Waals surface area contributed by atoms with Crippen LogP contribution < -0.4 is 5.32 Å². The first-order chi connectivity index (χ1) is 9.30. The van der Waals surface area contributed by atoms with Crippen LogP contribution in [0.3, 0.4) is 0 Å². The van der Waals surface area contributed by atoms with Gasteiger partial charge in [0, 0.05) is 20.1 Å². The predicted molar refractivity (Wildman–Crippen MR) is 72.9 cm³/mol. The van der Waals surface area contributed by atoms with Gasteiger partial charge >= 0.3 is 6.01 Å². The fourth-order valence-corrected chi connectivity index (χ4v) is 1.84. The van der Waals surface area contributed by atoms with Crippen LogP contribution in [0.25, 0.3) is 5.57 Å². The minimum Gasteiger partial charge on any atom is -0.403 e. The molecule has 0 atom stereocenters. The molecule has 2 heterocycles. The van der Waals surface area contributed by atoms with Gasteiger partial charge in [-0.3, -0.25) is 0 Å². The van der Waals surface area contributed by atoms with Gasteiger partial charge in [-0.05, 0) is 6.72 Å². The molecule has 0 aliphatic carbocycles. The van der Waals surface area contributed by atoms with Gasteiger partial charge in [-0.25, -0.2) is 4.99 Å². The Bertz CT molecular complexity index is 488. The maximum absolute atomic E-state index is 5.45. The van der Waals surface area contributed by atoms with Gasteiger partial charge in [-0.15, -0.1) is 5.10 Å². The molecule has 7 nitrogen and oxygen atoms in total. The number of hydrogen-bond acceptors (Lipinski definition) is 7. The zero-order valence-electron chi connectivity index (χ0n) is 10.9. The van der Waals surface area contributed by atoms with Gasteiger partial charge < -0.3 is 19.4 Å². The lowest BCUT2D eigenvalue weighted by molar-refractivity contribution is 0.0535. The third-order valence-electron chi connectivity index (χ3n) is 2.77. The molecule has 0 radical (unpaired) electrons. The molecule has 1 saturated heterocycles. The number of rotatable bonds is 5. The Morgan fingerprint density at radius 2 is 2.16 bits per heavy atom. The van der Waals surface area contributed by atoms with E-state index in [4.69, 9.17) is 9.15 Å². The molecule has 0 unspecified atom stereocenters. The molecular formula is C12H17N5O2. The maximum Gasteiger partial charge on any atom is 0.315 e. The van der Waals surface area contributed by atoms with E-state index < -0.39 is 0 Å². The summed E-state index contributed by atoms with van der Waals surface area (Å²) in [6.45, 7) is 10.2. The highest BCUT2D eigenvalue weighted by molar-refractivity contribution is 5.71. The zero-order valence-corrected chi connectivity index (χ0v) is 10.9. The smallest absolute Gasteiger partial charge is 0.315 e. The summed E-state index contributed by atoms with van der Waals surface area (Å²) in [5, 5.41) is 10.6. The first kappa shape index (κ1) is 13.3. The maximum atomic E-state index is 5.45. The van der Waals surface area contributed by atoms with Crippen molar-refractivity contribution in [2.75, 3.05) is 38.7 Å². The molecule has 1 N–H and O–H groups in total. The minimum absolute atomic E-state index is 0.347. The van der Waals surface area contributed by atoms with E-state index >= 15 is 0 Å². The highest BCUT2D eigenvalue weighted by Gasteiger charge is 2.19. The molecule has 0 aromatic carbocycles. The van der Waals surface area contributed by atoms with Crippen molar-refractivity contribution in [3.05, 3.63) is 24.4 Å². The number of aliphatic imine (C=N–C) groups is 1. The van der Waals surface area contributed by atoms with Crippen LogP contribution in [0.2, 0.25) is 0 Å². The SMILES string of the molecule is C=C/C(=C(\N=C)N1CCOCC1)c1nnc(NC)o1. The van der Waals surface area contributed by atoms with Crippen molar-refractivity contribution >= 4 is 18.3 Å². The molecule has 1 aromatic heterocycles. The Labute approximate surface area is 111 Å². The van der Waals surface area contributed by atoms with Gasteiger partial charge in [0.05, 0.1) is 18.8 Å². The highest BCUT2D eigenvalue weighted by Crippen LogP contribution is 2.24. The van der Waals surface area contributed by atoms with Crippen LogP contribution in [-0.2, 0) is 4.74 Å². The monoisotopic (exact) mass is 263 g/mol. The number of allylic oxidation sites excluding steroid dienone is 2. The van der Waals surface area contributed by atoms with Crippen LogP contribution in [0, 0.1) is 0 Å². The van der Waals surface area contributed by atoms with Gasteiger partial charge in [0.2, 0.25) is 0 Å². The van der Waals surface area contributed by atoms with Crippen molar-refractivity contribution in [1.82, 2.24) is 15.1 Å². The average Bonchev–Trinajstić information content (AvgIpc) is 2.94. The van der Waals surface area contributed by atoms with Crippen molar-refractivity contribution in [3.8, 4) is 0 Å². The third kappa shape index (κ3) is 2.82. The topological polar surface area (TPSA) is 75.8 Å². The van der Waals surface area contributed by atoms with Gasteiger partial charge in [0.1, 0.15) is 5.82 Å². The molecule has 102 valence electrons. The van der Waals surface area contributed by atoms with Crippen molar-refractivity contribution in [1.29, 1.82) is 0 Å². The predicted octanol–water partition coefficient (Wildman–Crippen LogP) is 0.999. The number of aromatic nitrogens is 2. The van der Waals surface area contributed by atoms with E-state index in [9.17, 15) is 0 Å². The Hall–Kier alpha value is -2.15. The summed E-state index contributed by atoms with van der Waals surface area (Å²) >= 11 is 0. The van der Waals surface area contributed by atoms with E-state index in [0.717, 1.165) is 13.1 Å². The number of nitrogens with zero attached hydrogens (tertiary/aromatic N) is 4. The molecule has 0 bridgehead atoms. The van der Waals surface area contributed by atoms with Crippen LogP contribution >= 0.6 is 0 Å². The summed E-state index contributed by atoms with van der Waals surface area (Å²) in [5.74, 6) is 1.05. The number of ether oxygens (including phenoxy) is 1. The fraction of sp³-hybridized carbons (Fsp3) is 0.417. The Kier molecular flexibility index (Phi) is 4.30. The normalized spacial score (nSPS) is 16.8. The third-order valence-corrected chi connectivity index (χ3v) is 2.77. The Balaban J connectivity index is 2.36. The second-order valence-corrected chi connectivity index (χ2v) is 3.86. The number of nitrogens with one attached hydrogen (secondary N) is 1. The van der Waals surface area contributed by atoms with Crippen molar-refractivity contribution < 1.29 is 9.15 Å². The summed E-state index contributed by atoms with van der Waals surface area (Å²) in [5.41, 5.74) is 0.672. The van der Waals surface area contributed by atoms with Crippen molar-refractivity contribution in [2.45, 2.75) is 0 Å². The Morgan fingerprint density at radius 3 is 2.68 bits per heavy atom. The molecule has 0 amide bonds. The number of morpholine rings is 1. The average molecular weight is 263 g/mol. The quantitative estimate of drug-likeness (QED) is 0.631. The molecule has 7 heteroatoms. The van der Waals surface area contributed by atoms with Gasteiger partial charge in [-0.2, -0.15) is 0 Å². The molecule has 1 aliphatic heterocycles. The van der Waals surface area contributed by atoms with E-state index in [1.54, 1.807) is 13.1 Å². The van der Waals surface area contributed by atoms with E-state index in [1.165, 1.54) is 0 Å². The summed E-state index contributed by atoms with van der Waals surface area (Å²) in [6, 6.07) is 0.347. The van der Waals surface area contributed by atoms with Gasteiger partial charge in [0.15, 0.2) is 0 Å². The van der Waals surface area contributed by atoms with Crippen molar-refractivity contribution in [3.63, 3.8) is 0 Å². The van der Waals surface area contributed by atoms with Crippen molar-refractivity contribution in [2.24, 2.45) is 4.99 Å². The minimum atomic E-state index is 0.347. The summed E-state index contributed by atoms with van der Waals surface area (Å²) in [7, 11) is 1.71. The molecule has 1 aromatic rings. The van der Waals surface area contributed by atoms with Crippen LogP contribution in [0.4, 0.5) is 6.01 Å². The lowest BCUT2D eigenvalue weighted by atomic mass is 10.2. The standard InChI is InChI=1S/C12H17N5O2/c1-4-9(11-15-16-12(14-3)19-11)10(13-2)17-5-7-18-8-6-17/h4H,1-2,5-8H2,3H3,(H,14,16)/b10-9-. The molecule has 0 saturated carbocycles. The fourth-order valence-electron chi connectivity index (χ4n) is 1.84. The number of anilines is 1. The summed E-state index contributed by atoms with van der Waals surface area (Å²) in [6.07, 6.45) is 1.65. The second-order valence-electron chi connectivity index (χ2n) is 3.86. The summed E-state index contributed by atoms with van der Waals surface area (Å²) < 4.78 is 10.8. The molecular weight excluding hydrogens is 246 g/mol. The van der Waals surface area contributed by atoms with Gasteiger partial charge in [-0.1, -0.05) is 17.8 Å². The van der Waals surface area contributed by atoms with E-state index in [2.05, 4.69) is 38.7 Å². The lowest BCUT2D eigenvalue weighted by Gasteiger charge is -2.29. The molecule has 1 aliphatic rings. The molecule has 0 spiro atoms. The van der Waals surface area contributed by atoms with Crippen LogP contribution in [0.1, 0.15) is 5.89 Å². The van der Waals surface area contributed by atoms with E-state index in [0.29, 0.717) is 36.5 Å². The largest absolute Gasteiger partial charge is 0.403 e. The van der Waals surface area contributed by atoms with Crippen LogP contribution in [0.5, 0.6) is 0 Å².